The number of hydrogen-bond donors (Lipinski definition) is 2. The van der Waals surface area contributed by atoms with Gasteiger partial charge in [-0.2, -0.15) is 0 Å². The molecule has 0 radical (unpaired) electrons. The van der Waals surface area contributed by atoms with Gasteiger partial charge in [-0.05, 0) is 0 Å². The molecule has 1 aromatic rings. The van der Waals surface area contributed by atoms with Gasteiger partial charge in [-0.15, -0.1) is 0 Å². The Balaban J connectivity index is 2.52. The summed E-state index contributed by atoms with van der Waals surface area (Å²) in [6.07, 6.45) is 0.264. The van der Waals surface area contributed by atoms with Crippen LogP contribution >= 0.6 is 11.6 Å². The van der Waals surface area contributed by atoms with Crippen LogP contribution in [0, 0.1) is 0 Å². The van der Waals surface area contributed by atoms with Crippen molar-refractivity contribution in [3.05, 3.63) is 28.0 Å². The summed E-state index contributed by atoms with van der Waals surface area (Å²) in [5, 5.41) is 9.71. The highest BCUT2D eigenvalue weighted by Gasteiger charge is 2.36. The maximum Gasteiger partial charge on any atom is 0.302 e. The normalized spacial score (nSPS) is 16.0. The van der Waals surface area contributed by atoms with Gasteiger partial charge in [0.15, 0.2) is 0 Å². The van der Waals surface area contributed by atoms with Crippen LogP contribution in [0.5, 0.6) is 0 Å². The SMILES string of the molecule is CC(=O)OCC(O)c1cn(C)c2c1C(N)=C(Cl)C(=O)C2=O. The van der Waals surface area contributed by atoms with Crippen LogP contribution < -0.4 is 5.73 Å². The lowest BCUT2D eigenvalue weighted by Gasteiger charge is -2.16. The number of carbonyl (C=O) groups excluding carboxylic acids is 3. The summed E-state index contributed by atoms with van der Waals surface area (Å²) < 4.78 is 6.12. The number of carbonyl (C=O) groups is 3. The van der Waals surface area contributed by atoms with Gasteiger partial charge >= 0.3 is 5.97 Å². The number of ether oxygens (including phenoxy) is 1. The van der Waals surface area contributed by atoms with Gasteiger partial charge in [0.2, 0.25) is 5.78 Å². The van der Waals surface area contributed by atoms with E-state index in [-0.39, 0.29) is 34.2 Å². The van der Waals surface area contributed by atoms with Crippen molar-refractivity contribution in [2.45, 2.75) is 13.0 Å². The van der Waals surface area contributed by atoms with Gasteiger partial charge in [0.1, 0.15) is 23.4 Å². The third-order valence-corrected chi connectivity index (χ3v) is 3.52. The molecule has 1 atom stereocenters. The summed E-state index contributed by atoms with van der Waals surface area (Å²) in [4.78, 5) is 34.5. The van der Waals surface area contributed by atoms with Crippen LogP contribution in [-0.2, 0) is 21.4 Å². The van der Waals surface area contributed by atoms with Crippen LogP contribution in [0.3, 0.4) is 0 Å². The molecule has 0 aliphatic heterocycles. The molecule has 0 bridgehead atoms. The number of ketones is 2. The maximum atomic E-state index is 12.0. The number of Topliss-reactive ketones (excluding diaryl/α,β-unsaturated/α-hetero) is 2. The fourth-order valence-corrected chi connectivity index (χ4v) is 2.37. The van der Waals surface area contributed by atoms with Gasteiger partial charge < -0.3 is 20.1 Å². The number of aliphatic hydroxyl groups is 1. The van der Waals surface area contributed by atoms with Crippen LogP contribution in [0.25, 0.3) is 5.70 Å². The van der Waals surface area contributed by atoms with E-state index in [1.54, 1.807) is 7.05 Å². The lowest BCUT2D eigenvalue weighted by Crippen LogP contribution is -2.26. The molecule has 1 aliphatic rings. The Morgan fingerprint density at radius 1 is 1.48 bits per heavy atom. The molecule has 0 aromatic carbocycles. The average Bonchev–Trinajstić information content (AvgIpc) is 2.77. The van der Waals surface area contributed by atoms with Crippen molar-refractivity contribution in [2.24, 2.45) is 12.8 Å². The Morgan fingerprint density at radius 2 is 2.10 bits per heavy atom. The first-order valence-electron chi connectivity index (χ1n) is 6.01. The van der Waals surface area contributed by atoms with E-state index in [1.165, 1.54) is 17.7 Å². The Bertz CT molecular complexity index is 689. The van der Waals surface area contributed by atoms with Crippen molar-refractivity contribution < 1.29 is 24.2 Å². The molecule has 2 rings (SSSR count). The van der Waals surface area contributed by atoms with Crippen molar-refractivity contribution in [3.8, 4) is 0 Å². The van der Waals surface area contributed by atoms with E-state index >= 15 is 0 Å². The lowest BCUT2D eigenvalue weighted by molar-refractivity contribution is -0.144. The zero-order valence-corrected chi connectivity index (χ0v) is 12.1. The number of nitrogens with zero attached hydrogens (tertiary/aromatic N) is 1. The largest absolute Gasteiger partial charge is 0.463 e. The number of rotatable bonds is 3. The summed E-state index contributed by atoms with van der Waals surface area (Å²) in [5.74, 6) is -2.23. The molecular formula is C13H13ClN2O5. The average molecular weight is 313 g/mol. The molecule has 21 heavy (non-hydrogen) atoms. The highest BCUT2D eigenvalue weighted by molar-refractivity contribution is 6.64. The molecule has 0 amide bonds. The number of fused-ring (bicyclic) bond motifs is 1. The minimum Gasteiger partial charge on any atom is -0.463 e. The van der Waals surface area contributed by atoms with E-state index in [0.717, 1.165) is 0 Å². The zero-order chi connectivity index (χ0) is 15.9. The van der Waals surface area contributed by atoms with E-state index in [4.69, 9.17) is 22.1 Å². The third-order valence-electron chi connectivity index (χ3n) is 3.14. The second kappa shape index (κ2) is 5.34. The Kier molecular flexibility index (Phi) is 3.89. The van der Waals surface area contributed by atoms with Crippen LogP contribution in [0.2, 0.25) is 0 Å². The Morgan fingerprint density at radius 3 is 2.67 bits per heavy atom. The first-order valence-corrected chi connectivity index (χ1v) is 6.38. The second-order valence-corrected chi connectivity index (χ2v) is 5.00. The fraction of sp³-hybridized carbons (Fsp3) is 0.308. The van der Waals surface area contributed by atoms with Crippen molar-refractivity contribution in [1.29, 1.82) is 0 Å². The summed E-state index contributed by atoms with van der Waals surface area (Å²) >= 11 is 5.76. The number of esters is 1. The minimum atomic E-state index is -1.19. The highest BCUT2D eigenvalue weighted by atomic mass is 35.5. The summed E-state index contributed by atoms with van der Waals surface area (Å²) in [6, 6.07) is 0. The van der Waals surface area contributed by atoms with E-state index in [1.807, 2.05) is 0 Å². The molecule has 0 spiro atoms. The van der Waals surface area contributed by atoms with E-state index in [2.05, 4.69) is 0 Å². The molecule has 1 unspecified atom stereocenters. The van der Waals surface area contributed by atoms with Gasteiger partial charge in [0.05, 0.1) is 5.70 Å². The van der Waals surface area contributed by atoms with Crippen molar-refractivity contribution >= 4 is 34.8 Å². The lowest BCUT2D eigenvalue weighted by atomic mass is 9.94. The minimum absolute atomic E-state index is 0.0544. The third kappa shape index (κ3) is 2.45. The van der Waals surface area contributed by atoms with Gasteiger partial charge in [-0.3, -0.25) is 14.4 Å². The maximum absolute atomic E-state index is 12.0. The van der Waals surface area contributed by atoms with Crippen molar-refractivity contribution in [2.75, 3.05) is 6.61 Å². The fourth-order valence-electron chi connectivity index (χ4n) is 2.19. The molecule has 112 valence electrons. The van der Waals surface area contributed by atoms with Crippen LogP contribution in [0.1, 0.15) is 34.6 Å². The summed E-state index contributed by atoms with van der Waals surface area (Å²) in [7, 11) is 1.54. The molecule has 3 N–H and O–H groups in total. The molecule has 1 aromatic heterocycles. The van der Waals surface area contributed by atoms with E-state index in [0.29, 0.717) is 0 Å². The van der Waals surface area contributed by atoms with Gasteiger partial charge in [0, 0.05) is 31.3 Å². The monoisotopic (exact) mass is 312 g/mol. The van der Waals surface area contributed by atoms with Crippen molar-refractivity contribution in [1.82, 2.24) is 4.57 Å². The summed E-state index contributed by atoms with van der Waals surface area (Å²) in [6.45, 7) is 0.916. The van der Waals surface area contributed by atoms with Crippen LogP contribution in [0.15, 0.2) is 11.2 Å². The number of allylic oxidation sites excluding steroid dienone is 1. The number of hydrogen-bond acceptors (Lipinski definition) is 6. The van der Waals surface area contributed by atoms with Gasteiger partial charge in [-0.25, -0.2) is 0 Å². The van der Waals surface area contributed by atoms with E-state index in [9.17, 15) is 19.5 Å². The molecule has 0 fully saturated rings. The first kappa shape index (κ1) is 15.3. The molecule has 8 heteroatoms. The predicted molar refractivity (Wildman–Crippen MR) is 73.3 cm³/mol. The topological polar surface area (TPSA) is 112 Å². The van der Waals surface area contributed by atoms with Crippen molar-refractivity contribution in [3.63, 3.8) is 0 Å². The quantitative estimate of drug-likeness (QED) is 0.611. The summed E-state index contributed by atoms with van der Waals surface area (Å²) in [5.41, 5.74) is 6.24. The smallest absolute Gasteiger partial charge is 0.302 e. The number of aliphatic hydroxyl groups excluding tert-OH is 1. The van der Waals surface area contributed by atoms with Crippen LogP contribution in [-0.4, -0.2) is 33.8 Å². The van der Waals surface area contributed by atoms with Gasteiger partial charge in [-0.1, -0.05) is 11.6 Å². The van der Waals surface area contributed by atoms with E-state index < -0.39 is 23.6 Å². The molecule has 0 saturated heterocycles. The number of nitrogens with two attached hydrogens (primary N) is 1. The number of aryl methyl sites for hydroxylation is 1. The van der Waals surface area contributed by atoms with Crippen LogP contribution in [0.4, 0.5) is 0 Å². The van der Waals surface area contributed by atoms with Gasteiger partial charge in [0.25, 0.3) is 5.78 Å². The second-order valence-electron chi connectivity index (χ2n) is 4.62. The first-order chi connectivity index (χ1) is 9.75. The number of aromatic nitrogens is 1. The molecule has 7 nitrogen and oxygen atoms in total. The molecule has 1 heterocycles. The molecule has 1 aliphatic carbocycles. The molecular weight excluding hydrogens is 300 g/mol. The predicted octanol–water partition coefficient (Wildman–Crippen LogP) is 0.253. The zero-order valence-electron chi connectivity index (χ0n) is 11.3. The Labute approximate surface area is 124 Å². The number of halogens is 1. The Hall–Kier alpha value is -2.12. The highest BCUT2D eigenvalue weighted by Crippen LogP contribution is 2.34. The standard InChI is InChI=1S/C13H13ClN2O5/c1-5(17)21-4-7(18)6-3-16(2)11-8(6)10(15)9(14)12(19)13(11)20/h3,7,18H,4,15H2,1-2H3. The molecule has 0 saturated carbocycles.